The van der Waals surface area contributed by atoms with Crippen molar-refractivity contribution < 1.29 is 9.66 Å². The number of nitro benzene ring substituents is 1. The van der Waals surface area contributed by atoms with E-state index >= 15 is 0 Å². The Bertz CT molecular complexity index is 562. The van der Waals surface area contributed by atoms with Crippen LogP contribution in [0.25, 0.3) is 0 Å². The third-order valence-electron chi connectivity index (χ3n) is 1.88. The number of hydrogen-bond acceptors (Lipinski definition) is 5. The molecule has 2 rings (SSSR count). The van der Waals surface area contributed by atoms with Crippen molar-refractivity contribution in [1.82, 2.24) is 9.97 Å². The van der Waals surface area contributed by atoms with Crippen molar-refractivity contribution in [2.45, 2.75) is 0 Å². The van der Waals surface area contributed by atoms with Gasteiger partial charge in [0.05, 0.1) is 4.92 Å². The number of para-hydroxylation sites is 2. The Morgan fingerprint density at radius 3 is 2.76 bits per heavy atom. The molecule has 0 aliphatic heterocycles. The van der Waals surface area contributed by atoms with Crippen molar-refractivity contribution >= 4 is 28.3 Å². The average molecular weight is 343 g/mol. The number of benzene rings is 1. The van der Waals surface area contributed by atoms with Crippen LogP contribution in [0, 0.1) is 13.9 Å². The van der Waals surface area contributed by atoms with Crippen molar-refractivity contribution in [3.63, 3.8) is 0 Å². The number of halogens is 1. The Kier molecular flexibility index (Phi) is 3.47. The van der Waals surface area contributed by atoms with Gasteiger partial charge in [0.1, 0.15) is 0 Å². The van der Waals surface area contributed by atoms with Crippen LogP contribution in [0.15, 0.2) is 36.5 Å². The summed E-state index contributed by atoms with van der Waals surface area (Å²) in [5.41, 5.74) is -0.0962. The van der Waals surface area contributed by atoms with E-state index in [1.54, 1.807) is 18.2 Å². The highest BCUT2D eigenvalue weighted by molar-refractivity contribution is 14.1. The summed E-state index contributed by atoms with van der Waals surface area (Å²) >= 11 is 1.93. The van der Waals surface area contributed by atoms with Crippen LogP contribution in [0.2, 0.25) is 0 Å². The molecule has 0 aliphatic carbocycles. The lowest BCUT2D eigenvalue weighted by molar-refractivity contribution is -0.385. The monoisotopic (exact) mass is 343 g/mol. The third kappa shape index (κ3) is 2.87. The van der Waals surface area contributed by atoms with Crippen LogP contribution in [-0.4, -0.2) is 14.9 Å². The van der Waals surface area contributed by atoms with Crippen molar-refractivity contribution in [2.75, 3.05) is 0 Å². The minimum Gasteiger partial charge on any atom is -0.432 e. The van der Waals surface area contributed by atoms with E-state index in [1.807, 2.05) is 22.6 Å². The molecule has 2 aromatic rings. The first-order valence-corrected chi connectivity index (χ1v) is 5.64. The minimum atomic E-state index is -0.499. The molecule has 0 saturated heterocycles. The second-order valence-corrected chi connectivity index (χ2v) is 3.96. The van der Waals surface area contributed by atoms with Gasteiger partial charge >= 0.3 is 5.69 Å². The van der Waals surface area contributed by atoms with E-state index in [1.165, 1.54) is 18.3 Å². The highest BCUT2D eigenvalue weighted by atomic mass is 127. The van der Waals surface area contributed by atoms with Crippen LogP contribution in [0.1, 0.15) is 0 Å². The maximum atomic E-state index is 10.8. The van der Waals surface area contributed by atoms with Crippen molar-refractivity contribution in [2.24, 2.45) is 0 Å². The number of ether oxygens (including phenoxy) is 1. The molecule has 0 N–H and O–H groups in total. The van der Waals surface area contributed by atoms with Gasteiger partial charge in [-0.25, -0.2) is 4.98 Å². The molecule has 0 saturated carbocycles. The summed E-state index contributed by atoms with van der Waals surface area (Å²) in [5, 5.41) is 10.8. The van der Waals surface area contributed by atoms with Crippen molar-refractivity contribution in [3.05, 3.63) is 50.5 Å². The first-order chi connectivity index (χ1) is 8.16. The molecule has 0 bridgehead atoms. The second-order valence-electron chi connectivity index (χ2n) is 2.99. The fourth-order valence-electron chi connectivity index (χ4n) is 1.18. The van der Waals surface area contributed by atoms with Gasteiger partial charge in [-0.05, 0) is 6.07 Å². The summed E-state index contributed by atoms with van der Waals surface area (Å²) in [5.74, 6) is 0.436. The van der Waals surface area contributed by atoms with Crippen LogP contribution in [0.4, 0.5) is 5.69 Å². The van der Waals surface area contributed by atoms with Crippen molar-refractivity contribution in [1.29, 1.82) is 0 Å². The van der Waals surface area contributed by atoms with Crippen molar-refractivity contribution in [3.8, 4) is 11.6 Å². The van der Waals surface area contributed by atoms with Crippen LogP contribution < -0.4 is 4.74 Å². The van der Waals surface area contributed by atoms with E-state index in [0.29, 0.717) is 3.83 Å². The molecule has 86 valence electrons. The number of nitro groups is 1. The van der Waals surface area contributed by atoms with E-state index in [4.69, 9.17) is 4.74 Å². The summed E-state index contributed by atoms with van der Waals surface area (Å²) in [6, 6.07) is 7.68. The van der Waals surface area contributed by atoms with E-state index in [2.05, 4.69) is 9.97 Å². The predicted octanol–water partition coefficient (Wildman–Crippen LogP) is 2.78. The molecule has 0 radical (unpaired) electrons. The molecule has 0 atom stereocenters. The van der Waals surface area contributed by atoms with Gasteiger partial charge < -0.3 is 4.74 Å². The first-order valence-electron chi connectivity index (χ1n) is 4.56. The van der Waals surface area contributed by atoms with Gasteiger partial charge in [-0.3, -0.25) is 10.1 Å². The molecule has 1 aromatic heterocycles. The smallest absolute Gasteiger partial charge is 0.311 e. The SMILES string of the molecule is O=[N+]([O-])c1ccccc1Oc1ccnc(I)n1. The largest absolute Gasteiger partial charge is 0.432 e. The van der Waals surface area contributed by atoms with Gasteiger partial charge in [0, 0.05) is 40.9 Å². The Balaban J connectivity index is 2.33. The maximum Gasteiger partial charge on any atom is 0.311 e. The lowest BCUT2D eigenvalue weighted by Crippen LogP contribution is -1.95. The zero-order chi connectivity index (χ0) is 12.3. The van der Waals surface area contributed by atoms with Gasteiger partial charge in [0.25, 0.3) is 0 Å². The Morgan fingerprint density at radius 1 is 1.29 bits per heavy atom. The number of nitrogens with zero attached hydrogens (tertiary/aromatic N) is 3. The normalized spacial score (nSPS) is 9.94. The molecule has 0 fully saturated rings. The number of hydrogen-bond donors (Lipinski definition) is 0. The standard InChI is InChI=1S/C10H6IN3O3/c11-10-12-6-5-9(13-10)17-8-4-2-1-3-7(8)14(15)16/h1-6H. The van der Waals surface area contributed by atoms with E-state index in [-0.39, 0.29) is 17.3 Å². The highest BCUT2D eigenvalue weighted by Crippen LogP contribution is 2.29. The maximum absolute atomic E-state index is 10.8. The molecule has 17 heavy (non-hydrogen) atoms. The Labute approximate surface area is 110 Å². The lowest BCUT2D eigenvalue weighted by Gasteiger charge is -2.04. The van der Waals surface area contributed by atoms with E-state index in [0.717, 1.165) is 0 Å². The number of rotatable bonds is 3. The summed E-state index contributed by atoms with van der Waals surface area (Å²) in [6.07, 6.45) is 1.53. The molecular weight excluding hydrogens is 337 g/mol. The first kappa shape index (κ1) is 11.7. The van der Waals surface area contributed by atoms with Gasteiger partial charge in [0.2, 0.25) is 11.6 Å². The van der Waals surface area contributed by atoms with Crippen LogP contribution >= 0.6 is 22.6 Å². The summed E-state index contributed by atoms with van der Waals surface area (Å²) in [4.78, 5) is 18.2. The second kappa shape index (κ2) is 5.04. The minimum absolute atomic E-state index is 0.0962. The summed E-state index contributed by atoms with van der Waals surface area (Å²) in [7, 11) is 0. The molecule has 1 heterocycles. The molecule has 7 heteroatoms. The topological polar surface area (TPSA) is 78.2 Å². The van der Waals surface area contributed by atoms with Crippen LogP contribution in [0.3, 0.4) is 0 Å². The Hall–Kier alpha value is -1.77. The molecule has 0 unspecified atom stereocenters. The van der Waals surface area contributed by atoms with Crippen LogP contribution in [0.5, 0.6) is 11.6 Å². The van der Waals surface area contributed by atoms with Gasteiger partial charge in [-0.15, -0.1) is 0 Å². The quantitative estimate of drug-likeness (QED) is 0.371. The molecule has 0 spiro atoms. The van der Waals surface area contributed by atoms with Crippen LogP contribution in [-0.2, 0) is 0 Å². The molecule has 6 nitrogen and oxygen atoms in total. The summed E-state index contributed by atoms with van der Waals surface area (Å²) < 4.78 is 5.87. The summed E-state index contributed by atoms with van der Waals surface area (Å²) in [6.45, 7) is 0. The zero-order valence-corrected chi connectivity index (χ0v) is 10.6. The molecular formula is C10H6IN3O3. The number of aromatic nitrogens is 2. The highest BCUT2D eigenvalue weighted by Gasteiger charge is 2.14. The van der Waals surface area contributed by atoms with E-state index in [9.17, 15) is 10.1 Å². The van der Waals surface area contributed by atoms with Gasteiger partial charge in [-0.2, -0.15) is 4.98 Å². The lowest BCUT2D eigenvalue weighted by atomic mass is 10.3. The zero-order valence-electron chi connectivity index (χ0n) is 8.41. The third-order valence-corrected chi connectivity index (χ3v) is 2.40. The molecule has 0 aliphatic rings. The average Bonchev–Trinajstić information content (AvgIpc) is 2.29. The fraction of sp³-hybridized carbons (Fsp3) is 0. The van der Waals surface area contributed by atoms with Gasteiger partial charge in [0.15, 0.2) is 3.83 Å². The fourth-order valence-corrected chi connectivity index (χ4v) is 1.58. The van der Waals surface area contributed by atoms with Gasteiger partial charge in [-0.1, -0.05) is 12.1 Å². The predicted molar refractivity (Wildman–Crippen MR) is 67.9 cm³/mol. The van der Waals surface area contributed by atoms with E-state index < -0.39 is 4.92 Å². The Morgan fingerprint density at radius 2 is 2.06 bits per heavy atom. The molecule has 0 amide bonds. The molecule has 1 aromatic carbocycles.